The van der Waals surface area contributed by atoms with Gasteiger partial charge >= 0.3 is 5.97 Å². The van der Waals surface area contributed by atoms with E-state index >= 15 is 0 Å². The third-order valence-electron chi connectivity index (χ3n) is 0.123. The number of carbonyl (C=O) groups is 1. The Balaban J connectivity index is 2.85. The molecule has 0 atom stereocenters. The normalized spacial score (nSPS) is 7.40. The van der Waals surface area contributed by atoms with E-state index in [1.807, 2.05) is 0 Å². The SMILES string of the molecule is O=C(O)C[ClH+]. The van der Waals surface area contributed by atoms with E-state index in [0.717, 1.165) is 0 Å². The van der Waals surface area contributed by atoms with Crippen molar-refractivity contribution in [1.29, 1.82) is 0 Å². The molecule has 0 saturated heterocycles. The number of alkyl halides is 1. The molecule has 0 aliphatic carbocycles. The van der Waals surface area contributed by atoms with Crippen LogP contribution in [0.15, 0.2) is 0 Å². The molecule has 0 radical (unpaired) electrons. The third kappa shape index (κ3) is 3.76. The molecule has 0 bridgehead atoms. The second-order valence-electron chi connectivity index (χ2n) is 0.538. The number of hydrogen-bond acceptors (Lipinski definition) is 1. The zero-order valence-corrected chi connectivity index (χ0v) is 3.29. The summed E-state index contributed by atoms with van der Waals surface area (Å²) in [7, 11) is 0. The molecular formula is C2H4ClO2+. The van der Waals surface area contributed by atoms with E-state index in [4.69, 9.17) is 5.11 Å². The van der Waals surface area contributed by atoms with Crippen LogP contribution >= 0.6 is 0 Å². The van der Waals surface area contributed by atoms with Gasteiger partial charge in [0.05, 0.1) is 0 Å². The van der Waals surface area contributed by atoms with Crippen molar-refractivity contribution in [3.8, 4) is 0 Å². The van der Waals surface area contributed by atoms with Crippen LogP contribution in [0, 0.1) is 11.6 Å². The zero-order valence-electron chi connectivity index (χ0n) is 2.47. The fourth-order valence-corrected chi connectivity index (χ4v) is 0. The van der Waals surface area contributed by atoms with Gasteiger partial charge in [0.2, 0.25) is 0 Å². The lowest BCUT2D eigenvalue weighted by Gasteiger charge is -1.63. The van der Waals surface area contributed by atoms with Crippen molar-refractivity contribution in [1.82, 2.24) is 0 Å². The summed E-state index contributed by atoms with van der Waals surface area (Å²) in [6.07, 6.45) is 0. The van der Waals surface area contributed by atoms with E-state index in [2.05, 4.69) is 11.6 Å². The molecule has 0 aliphatic heterocycles. The van der Waals surface area contributed by atoms with Crippen molar-refractivity contribution in [2.45, 2.75) is 0 Å². The van der Waals surface area contributed by atoms with E-state index in [0.29, 0.717) is 0 Å². The Hall–Kier alpha value is -0.240. The molecule has 0 aromatic heterocycles. The maximum Gasteiger partial charge on any atom is 0.364 e. The minimum Gasteiger partial charge on any atom is -0.477 e. The average Bonchev–Trinajstić information content (AvgIpc) is 1.38. The summed E-state index contributed by atoms with van der Waals surface area (Å²) in [4.78, 5) is 9.26. The Morgan fingerprint density at radius 3 is 2.20 bits per heavy atom. The zero-order chi connectivity index (χ0) is 4.28. The van der Waals surface area contributed by atoms with Crippen molar-refractivity contribution in [2.24, 2.45) is 0 Å². The van der Waals surface area contributed by atoms with Gasteiger partial charge in [-0.05, 0) is 0 Å². The molecule has 0 unspecified atom stereocenters. The summed E-state index contributed by atoms with van der Waals surface area (Å²) >= 11 is 4.08. The monoisotopic (exact) mass is 95.0 g/mol. The van der Waals surface area contributed by atoms with Crippen LogP contribution < -0.4 is 0 Å². The molecule has 2 nitrogen and oxygen atoms in total. The number of carboxylic acids is 1. The smallest absolute Gasteiger partial charge is 0.364 e. The van der Waals surface area contributed by atoms with Crippen LogP contribution in [-0.4, -0.2) is 17.0 Å². The van der Waals surface area contributed by atoms with Gasteiger partial charge in [-0.1, -0.05) is 0 Å². The highest BCUT2D eigenvalue weighted by atomic mass is 35.5. The van der Waals surface area contributed by atoms with Crippen molar-refractivity contribution < 1.29 is 21.5 Å². The fraction of sp³-hybridized carbons (Fsp3) is 0.500. The quantitative estimate of drug-likeness (QED) is 0.440. The molecule has 0 rings (SSSR count). The molecule has 30 valence electrons. The molecular weight excluding hydrogens is 91.5 g/mol. The molecule has 0 heterocycles. The van der Waals surface area contributed by atoms with Crippen molar-refractivity contribution in [3.63, 3.8) is 0 Å². The minimum atomic E-state index is -0.931. The topological polar surface area (TPSA) is 37.3 Å². The second-order valence-corrected chi connectivity index (χ2v) is 0.827. The van der Waals surface area contributed by atoms with Crippen LogP contribution in [0.5, 0.6) is 0 Å². The van der Waals surface area contributed by atoms with Crippen LogP contribution in [0.2, 0.25) is 0 Å². The highest BCUT2D eigenvalue weighted by Gasteiger charge is 1.92. The molecule has 0 fully saturated rings. The number of halogens is 1. The van der Waals surface area contributed by atoms with Gasteiger partial charge in [0.25, 0.3) is 5.88 Å². The molecule has 0 aromatic carbocycles. The van der Waals surface area contributed by atoms with Gasteiger partial charge in [-0.25, -0.2) is 4.79 Å². The van der Waals surface area contributed by atoms with Crippen LogP contribution in [0.3, 0.4) is 0 Å². The van der Waals surface area contributed by atoms with E-state index in [1.165, 1.54) is 0 Å². The molecule has 3 heteroatoms. The summed E-state index contributed by atoms with van der Waals surface area (Å²) in [5.74, 6) is -1.13. The van der Waals surface area contributed by atoms with Crippen molar-refractivity contribution in [3.05, 3.63) is 0 Å². The highest BCUT2D eigenvalue weighted by Crippen LogP contribution is 1.52. The largest absolute Gasteiger partial charge is 0.477 e. The molecule has 0 spiro atoms. The van der Waals surface area contributed by atoms with Crippen molar-refractivity contribution >= 4 is 5.97 Å². The number of aliphatic carboxylic acids is 1. The first kappa shape index (κ1) is 4.76. The predicted octanol–water partition coefficient (Wildman–Crippen LogP) is -0.647. The summed E-state index contributed by atoms with van der Waals surface area (Å²) in [6.45, 7) is 0. The summed E-state index contributed by atoms with van der Waals surface area (Å²) in [5.41, 5.74) is 0. The first-order chi connectivity index (χ1) is 2.27. The number of rotatable bonds is 1. The first-order valence-electron chi connectivity index (χ1n) is 1.07. The highest BCUT2D eigenvalue weighted by molar-refractivity contribution is 5.67. The van der Waals surface area contributed by atoms with Gasteiger partial charge in [0.15, 0.2) is 0 Å². The van der Waals surface area contributed by atoms with Crippen LogP contribution in [-0.2, 0) is 4.79 Å². The van der Waals surface area contributed by atoms with E-state index < -0.39 is 5.97 Å². The lowest BCUT2D eigenvalue weighted by atomic mass is 10.8. The molecule has 0 saturated carbocycles. The van der Waals surface area contributed by atoms with Gasteiger partial charge in [0.1, 0.15) is 11.6 Å². The van der Waals surface area contributed by atoms with E-state index in [1.54, 1.807) is 0 Å². The first-order valence-corrected chi connectivity index (χ1v) is 1.65. The third-order valence-corrected chi connectivity index (χ3v) is 0.370. The summed E-state index contributed by atoms with van der Waals surface area (Å²) in [6, 6.07) is 0. The van der Waals surface area contributed by atoms with E-state index in [9.17, 15) is 4.79 Å². The van der Waals surface area contributed by atoms with Gasteiger partial charge in [-0.2, -0.15) is 0 Å². The van der Waals surface area contributed by atoms with Crippen molar-refractivity contribution in [2.75, 3.05) is 5.88 Å². The van der Waals surface area contributed by atoms with Gasteiger partial charge < -0.3 is 5.11 Å². The van der Waals surface area contributed by atoms with E-state index in [-0.39, 0.29) is 5.88 Å². The maximum atomic E-state index is 9.26. The Labute approximate surface area is 34.4 Å². The fourth-order valence-electron chi connectivity index (χ4n) is 0. The predicted molar refractivity (Wildman–Crippen MR) is 13.9 cm³/mol. The molecule has 0 aromatic rings. The summed E-state index contributed by atoms with van der Waals surface area (Å²) < 4.78 is 0. The second kappa shape index (κ2) is 2.03. The Morgan fingerprint density at radius 1 is 2.00 bits per heavy atom. The van der Waals surface area contributed by atoms with Gasteiger partial charge in [-0.15, -0.1) is 0 Å². The molecule has 0 aliphatic rings. The minimum absolute atomic E-state index is 0.194. The number of hydrogen-bond donors (Lipinski definition) is 1. The average molecular weight is 95.5 g/mol. The Morgan fingerprint density at radius 2 is 2.20 bits per heavy atom. The lowest BCUT2D eigenvalue weighted by molar-refractivity contribution is -0.358. The van der Waals surface area contributed by atoms with Gasteiger partial charge in [-0.3, -0.25) is 0 Å². The standard InChI is InChI=1S/C2H3ClO2/c3-1-2(4)5/h3H,1H2/p+1. The molecule has 0 amide bonds. The van der Waals surface area contributed by atoms with Crippen LogP contribution in [0.25, 0.3) is 0 Å². The Bertz CT molecular complexity index is 42.9. The van der Waals surface area contributed by atoms with Gasteiger partial charge in [0, 0.05) is 0 Å². The van der Waals surface area contributed by atoms with Crippen LogP contribution in [0.1, 0.15) is 0 Å². The molecule has 1 N–H and O–H groups in total. The molecule has 5 heavy (non-hydrogen) atoms. The summed E-state index contributed by atoms with van der Waals surface area (Å²) in [5, 5.41) is 7.62. The lowest BCUT2D eigenvalue weighted by Crippen LogP contribution is -1.96. The Kier molecular flexibility index (Phi) is 1.93. The maximum absolute atomic E-state index is 9.26. The van der Waals surface area contributed by atoms with Crippen LogP contribution in [0.4, 0.5) is 0 Å². The number of carboxylic acid groups (broad SMARTS) is 1.